The van der Waals surface area contributed by atoms with Crippen LogP contribution in [0, 0.1) is 12.7 Å². The van der Waals surface area contributed by atoms with Crippen LogP contribution in [-0.4, -0.2) is 5.78 Å². The Morgan fingerprint density at radius 1 is 1.31 bits per heavy atom. The van der Waals surface area contributed by atoms with Crippen LogP contribution in [0.25, 0.3) is 0 Å². The topological polar surface area (TPSA) is 17.1 Å². The van der Waals surface area contributed by atoms with Crippen molar-refractivity contribution in [1.29, 1.82) is 0 Å². The van der Waals surface area contributed by atoms with Crippen molar-refractivity contribution >= 4 is 17.1 Å². The van der Waals surface area contributed by atoms with Gasteiger partial charge in [0.25, 0.3) is 0 Å². The predicted molar refractivity (Wildman–Crippen MR) is 63.5 cm³/mol. The normalized spacial score (nSPS) is 10.4. The molecule has 0 unspecified atom stereocenters. The third-order valence-corrected chi connectivity index (χ3v) is 3.28. The zero-order valence-corrected chi connectivity index (χ0v) is 9.68. The summed E-state index contributed by atoms with van der Waals surface area (Å²) in [5.41, 5.74) is 0.699. The molecule has 82 valence electrons. The Balaban J connectivity index is 2.24. The highest BCUT2D eigenvalue weighted by Crippen LogP contribution is 2.16. The maximum atomic E-state index is 13.7. The van der Waals surface area contributed by atoms with Gasteiger partial charge in [0.2, 0.25) is 0 Å². The van der Waals surface area contributed by atoms with E-state index in [1.807, 2.05) is 17.5 Å². The molecule has 0 aliphatic heterocycles. The number of aryl methyl sites for hydroxylation is 1. The van der Waals surface area contributed by atoms with Gasteiger partial charge in [0, 0.05) is 11.3 Å². The molecule has 0 bridgehead atoms. The lowest BCUT2D eigenvalue weighted by Crippen LogP contribution is -2.06. The second kappa shape index (κ2) is 4.58. The van der Waals surface area contributed by atoms with Gasteiger partial charge >= 0.3 is 0 Å². The summed E-state index contributed by atoms with van der Waals surface area (Å²) in [7, 11) is 0. The van der Waals surface area contributed by atoms with Crippen LogP contribution in [0.3, 0.4) is 0 Å². The molecule has 0 aliphatic rings. The number of carbonyl (C=O) groups excluding carboxylic acids is 1. The van der Waals surface area contributed by atoms with E-state index in [9.17, 15) is 9.18 Å². The number of ketones is 1. The van der Waals surface area contributed by atoms with E-state index in [1.54, 1.807) is 19.1 Å². The molecule has 0 saturated heterocycles. The molecule has 0 radical (unpaired) electrons. The van der Waals surface area contributed by atoms with Crippen molar-refractivity contribution in [2.24, 2.45) is 0 Å². The fraction of sp³-hybridized carbons (Fsp3) is 0.154. The average molecular weight is 234 g/mol. The first kappa shape index (κ1) is 11.0. The van der Waals surface area contributed by atoms with Crippen LogP contribution < -0.4 is 0 Å². The number of halogens is 1. The molecule has 1 aromatic carbocycles. The van der Waals surface area contributed by atoms with E-state index < -0.39 is 5.82 Å². The van der Waals surface area contributed by atoms with Crippen LogP contribution in [-0.2, 0) is 6.42 Å². The molecule has 0 amide bonds. The Bertz CT molecular complexity index is 503. The van der Waals surface area contributed by atoms with Crippen molar-refractivity contribution in [3.05, 3.63) is 57.5 Å². The Hall–Kier alpha value is -1.48. The highest BCUT2D eigenvalue weighted by atomic mass is 32.1. The van der Waals surface area contributed by atoms with Gasteiger partial charge in [-0.3, -0.25) is 4.79 Å². The second-order valence-electron chi connectivity index (χ2n) is 3.62. The molecule has 0 atom stereocenters. The molecule has 1 nitrogen and oxygen atoms in total. The third kappa shape index (κ3) is 2.19. The maximum Gasteiger partial charge on any atom is 0.171 e. The summed E-state index contributed by atoms with van der Waals surface area (Å²) >= 11 is 1.51. The van der Waals surface area contributed by atoms with Gasteiger partial charge in [-0.1, -0.05) is 18.2 Å². The van der Waals surface area contributed by atoms with Crippen LogP contribution >= 0.6 is 11.3 Å². The van der Waals surface area contributed by atoms with Gasteiger partial charge in [-0.15, -0.1) is 11.3 Å². The quantitative estimate of drug-likeness (QED) is 0.741. The summed E-state index contributed by atoms with van der Waals surface area (Å²) < 4.78 is 13.7. The van der Waals surface area contributed by atoms with E-state index in [1.165, 1.54) is 17.4 Å². The van der Waals surface area contributed by atoms with Gasteiger partial charge in [-0.25, -0.2) is 4.39 Å². The summed E-state index contributed by atoms with van der Waals surface area (Å²) in [6.07, 6.45) is 0.276. The number of thiophene rings is 1. The number of benzene rings is 1. The van der Waals surface area contributed by atoms with Crippen molar-refractivity contribution < 1.29 is 9.18 Å². The first-order chi connectivity index (χ1) is 7.68. The zero-order valence-electron chi connectivity index (χ0n) is 8.87. The molecule has 3 heteroatoms. The number of rotatable bonds is 3. The van der Waals surface area contributed by atoms with Crippen molar-refractivity contribution in [2.45, 2.75) is 13.3 Å². The number of hydrogen-bond donors (Lipinski definition) is 0. The number of carbonyl (C=O) groups is 1. The summed E-state index contributed by atoms with van der Waals surface area (Å²) in [5, 5.41) is 1.91. The van der Waals surface area contributed by atoms with E-state index in [-0.39, 0.29) is 17.8 Å². The van der Waals surface area contributed by atoms with E-state index >= 15 is 0 Å². The summed E-state index contributed by atoms with van der Waals surface area (Å²) in [4.78, 5) is 12.8. The second-order valence-corrected chi connectivity index (χ2v) is 4.65. The van der Waals surface area contributed by atoms with E-state index in [0.29, 0.717) is 5.56 Å². The SMILES string of the molecule is Cc1cccc(C(=O)Cc2cccs2)c1F. The minimum absolute atomic E-state index is 0.163. The van der Waals surface area contributed by atoms with Crippen molar-refractivity contribution in [3.8, 4) is 0 Å². The van der Waals surface area contributed by atoms with Gasteiger partial charge in [0.15, 0.2) is 5.78 Å². The first-order valence-electron chi connectivity index (χ1n) is 4.99. The lowest BCUT2D eigenvalue weighted by molar-refractivity contribution is 0.0990. The minimum Gasteiger partial charge on any atom is -0.294 e. The largest absolute Gasteiger partial charge is 0.294 e. The molecule has 1 heterocycles. The Morgan fingerprint density at radius 2 is 2.12 bits per heavy atom. The average Bonchev–Trinajstić information content (AvgIpc) is 2.74. The number of Topliss-reactive ketones (excluding diaryl/α,β-unsaturated/α-hetero) is 1. The molecule has 0 spiro atoms. The fourth-order valence-electron chi connectivity index (χ4n) is 1.53. The van der Waals surface area contributed by atoms with E-state index in [0.717, 1.165) is 4.88 Å². The standard InChI is InChI=1S/C13H11FOS/c1-9-4-2-6-11(13(9)14)12(15)8-10-5-3-7-16-10/h2-7H,8H2,1H3. The highest BCUT2D eigenvalue weighted by molar-refractivity contribution is 7.10. The summed E-state index contributed by atoms with van der Waals surface area (Å²) in [6, 6.07) is 8.69. The van der Waals surface area contributed by atoms with Crippen molar-refractivity contribution in [1.82, 2.24) is 0 Å². The molecule has 0 aliphatic carbocycles. The maximum absolute atomic E-state index is 13.7. The molecule has 0 fully saturated rings. The predicted octanol–water partition coefficient (Wildman–Crippen LogP) is 3.62. The van der Waals surface area contributed by atoms with Crippen molar-refractivity contribution in [2.75, 3.05) is 0 Å². The lowest BCUT2D eigenvalue weighted by Gasteiger charge is -2.03. The monoisotopic (exact) mass is 234 g/mol. The Kier molecular flexibility index (Phi) is 3.15. The number of hydrogen-bond acceptors (Lipinski definition) is 2. The van der Waals surface area contributed by atoms with Gasteiger partial charge in [-0.2, -0.15) is 0 Å². The van der Waals surface area contributed by atoms with E-state index in [2.05, 4.69) is 0 Å². The smallest absolute Gasteiger partial charge is 0.171 e. The molecule has 1 aromatic heterocycles. The highest BCUT2D eigenvalue weighted by Gasteiger charge is 2.13. The van der Waals surface area contributed by atoms with Gasteiger partial charge < -0.3 is 0 Å². The molecular formula is C13H11FOS. The molecular weight excluding hydrogens is 223 g/mol. The molecule has 16 heavy (non-hydrogen) atoms. The lowest BCUT2D eigenvalue weighted by atomic mass is 10.0. The third-order valence-electron chi connectivity index (χ3n) is 2.41. The fourth-order valence-corrected chi connectivity index (χ4v) is 2.23. The van der Waals surface area contributed by atoms with Crippen LogP contribution in [0.5, 0.6) is 0 Å². The van der Waals surface area contributed by atoms with Crippen LogP contribution in [0.1, 0.15) is 20.8 Å². The first-order valence-corrected chi connectivity index (χ1v) is 5.87. The molecule has 2 rings (SSSR count). The molecule has 0 N–H and O–H groups in total. The van der Waals surface area contributed by atoms with Crippen LogP contribution in [0.4, 0.5) is 4.39 Å². The van der Waals surface area contributed by atoms with Gasteiger partial charge in [0.1, 0.15) is 5.82 Å². The zero-order chi connectivity index (χ0) is 11.5. The Morgan fingerprint density at radius 3 is 2.81 bits per heavy atom. The Labute approximate surface area is 97.6 Å². The van der Waals surface area contributed by atoms with Gasteiger partial charge in [0.05, 0.1) is 5.56 Å². The van der Waals surface area contributed by atoms with Gasteiger partial charge in [-0.05, 0) is 30.0 Å². The summed E-state index contributed by atoms with van der Waals surface area (Å²) in [6.45, 7) is 1.66. The summed E-state index contributed by atoms with van der Waals surface area (Å²) in [5.74, 6) is -0.562. The van der Waals surface area contributed by atoms with E-state index in [4.69, 9.17) is 0 Å². The van der Waals surface area contributed by atoms with Crippen LogP contribution in [0.2, 0.25) is 0 Å². The molecule has 2 aromatic rings. The van der Waals surface area contributed by atoms with Crippen LogP contribution in [0.15, 0.2) is 35.7 Å². The minimum atomic E-state index is -0.399. The van der Waals surface area contributed by atoms with Crippen molar-refractivity contribution in [3.63, 3.8) is 0 Å². The molecule has 0 saturated carbocycles.